The minimum absolute atomic E-state index is 0.0776. The number of nitrogens with zero attached hydrogens (tertiary/aromatic N) is 1. The van der Waals surface area contributed by atoms with Gasteiger partial charge in [-0.15, -0.1) is 0 Å². The molecule has 0 aliphatic rings. The van der Waals surface area contributed by atoms with Crippen LogP contribution in [0.2, 0.25) is 0 Å². The van der Waals surface area contributed by atoms with Crippen LogP contribution < -0.4 is 5.69 Å². The van der Waals surface area contributed by atoms with Gasteiger partial charge in [-0.3, -0.25) is 0 Å². The Morgan fingerprint density at radius 1 is 1.33 bits per heavy atom. The highest BCUT2D eigenvalue weighted by Gasteiger charge is 2.20. The number of rotatable bonds is 6. The normalized spacial score (nSPS) is 10.5. The summed E-state index contributed by atoms with van der Waals surface area (Å²) in [5.41, 5.74) is 0.0320. The summed E-state index contributed by atoms with van der Waals surface area (Å²) < 4.78 is 14.9. The first-order valence-corrected chi connectivity index (χ1v) is 8.02. The molecule has 24 heavy (non-hydrogen) atoms. The molecule has 0 saturated heterocycles. The van der Waals surface area contributed by atoms with Crippen LogP contribution in [0.25, 0.3) is 0 Å². The maximum absolute atomic E-state index is 12.1. The number of hydrogen-bond donors (Lipinski definition) is 1. The lowest BCUT2D eigenvalue weighted by Crippen LogP contribution is -2.19. The molecule has 0 saturated carbocycles. The van der Waals surface area contributed by atoms with Gasteiger partial charge in [-0.2, -0.15) is 4.98 Å². The molecule has 0 aromatic carbocycles. The van der Waals surface area contributed by atoms with Crippen molar-refractivity contribution in [2.24, 2.45) is 0 Å². The van der Waals surface area contributed by atoms with Gasteiger partial charge in [-0.1, -0.05) is 11.8 Å². The van der Waals surface area contributed by atoms with Crippen molar-refractivity contribution in [2.75, 3.05) is 13.7 Å². The smallest absolute Gasteiger partial charge is 0.373 e. The third kappa shape index (κ3) is 4.05. The number of furan rings is 1. The van der Waals surface area contributed by atoms with Crippen LogP contribution in [0, 0.1) is 6.92 Å². The molecule has 0 fully saturated rings. The van der Waals surface area contributed by atoms with Gasteiger partial charge in [0.05, 0.1) is 19.5 Å². The molecular weight excluding hydrogens is 336 g/mol. The van der Waals surface area contributed by atoms with E-state index in [4.69, 9.17) is 9.15 Å². The lowest BCUT2D eigenvalue weighted by molar-refractivity contribution is 0.0518. The molecule has 2 rings (SSSR count). The van der Waals surface area contributed by atoms with Crippen molar-refractivity contribution in [2.45, 2.75) is 24.6 Å². The monoisotopic (exact) mass is 352 g/mol. The van der Waals surface area contributed by atoms with Crippen molar-refractivity contribution in [3.05, 3.63) is 45.4 Å². The SMILES string of the molecule is CCOC(=O)c1c(SCc2ccc(C(=O)OC)o2)nc(=O)[nH]c1C. The van der Waals surface area contributed by atoms with E-state index in [1.807, 2.05) is 0 Å². The number of methoxy groups -OCH3 is 1. The molecule has 1 N–H and O–H groups in total. The maximum Gasteiger partial charge on any atom is 0.373 e. The van der Waals surface area contributed by atoms with E-state index in [2.05, 4.69) is 14.7 Å². The molecule has 128 valence electrons. The van der Waals surface area contributed by atoms with Crippen molar-refractivity contribution >= 4 is 23.7 Å². The quantitative estimate of drug-likeness (QED) is 0.477. The summed E-state index contributed by atoms with van der Waals surface area (Å²) in [4.78, 5) is 41.3. The molecule has 0 bridgehead atoms. The number of aromatic amines is 1. The van der Waals surface area contributed by atoms with E-state index in [9.17, 15) is 14.4 Å². The van der Waals surface area contributed by atoms with E-state index in [-0.39, 0.29) is 28.7 Å². The van der Waals surface area contributed by atoms with Gasteiger partial charge in [0, 0.05) is 5.69 Å². The third-order valence-corrected chi connectivity index (χ3v) is 3.96. The Morgan fingerprint density at radius 2 is 2.08 bits per heavy atom. The highest BCUT2D eigenvalue weighted by Crippen LogP contribution is 2.26. The fraction of sp³-hybridized carbons (Fsp3) is 0.333. The summed E-state index contributed by atoms with van der Waals surface area (Å²) in [6, 6.07) is 3.10. The van der Waals surface area contributed by atoms with Gasteiger partial charge in [0.2, 0.25) is 5.76 Å². The van der Waals surface area contributed by atoms with Crippen LogP contribution in [0.4, 0.5) is 0 Å². The lowest BCUT2D eigenvalue weighted by Gasteiger charge is -2.09. The van der Waals surface area contributed by atoms with Crippen molar-refractivity contribution in [3.8, 4) is 0 Å². The van der Waals surface area contributed by atoms with Crippen molar-refractivity contribution < 1.29 is 23.5 Å². The summed E-state index contributed by atoms with van der Waals surface area (Å²) in [7, 11) is 1.26. The van der Waals surface area contributed by atoms with Crippen LogP contribution in [-0.4, -0.2) is 35.6 Å². The summed E-state index contributed by atoms with van der Waals surface area (Å²) in [6.07, 6.45) is 0. The summed E-state index contributed by atoms with van der Waals surface area (Å²) in [6.45, 7) is 3.50. The fourth-order valence-electron chi connectivity index (χ4n) is 1.91. The number of esters is 2. The Morgan fingerprint density at radius 3 is 2.75 bits per heavy atom. The van der Waals surface area contributed by atoms with Crippen molar-refractivity contribution in [3.63, 3.8) is 0 Å². The van der Waals surface area contributed by atoms with Crippen LogP contribution in [0.5, 0.6) is 0 Å². The highest BCUT2D eigenvalue weighted by atomic mass is 32.2. The standard InChI is InChI=1S/C15H16N2O6S/c1-4-22-14(19)11-8(2)16-15(20)17-12(11)24-7-9-5-6-10(23-9)13(18)21-3/h5-6H,4,7H2,1-3H3,(H,16,17,20). The number of nitrogens with one attached hydrogen (secondary N) is 1. The number of hydrogen-bond acceptors (Lipinski definition) is 8. The Kier molecular flexibility index (Phi) is 5.80. The molecule has 0 unspecified atom stereocenters. The van der Waals surface area contributed by atoms with Gasteiger partial charge >= 0.3 is 17.6 Å². The minimum Gasteiger partial charge on any atom is -0.463 e. The number of carbonyl (C=O) groups is 2. The first-order valence-electron chi connectivity index (χ1n) is 7.04. The van der Waals surface area contributed by atoms with Crippen LogP contribution in [0.15, 0.2) is 26.4 Å². The molecule has 9 heteroatoms. The lowest BCUT2D eigenvalue weighted by atomic mass is 10.2. The van der Waals surface area contributed by atoms with Crippen molar-refractivity contribution in [1.29, 1.82) is 0 Å². The first-order chi connectivity index (χ1) is 11.5. The minimum atomic E-state index is -0.580. The molecule has 8 nitrogen and oxygen atoms in total. The number of aromatic nitrogens is 2. The number of H-pyrrole nitrogens is 1. The Bertz CT molecular complexity index is 811. The molecule has 2 aromatic heterocycles. The second-order valence-corrected chi connectivity index (χ2v) is 5.58. The molecule has 2 aromatic rings. The van der Waals surface area contributed by atoms with E-state index in [0.29, 0.717) is 11.5 Å². The topological polar surface area (TPSA) is 111 Å². The molecule has 0 spiro atoms. The zero-order chi connectivity index (χ0) is 17.7. The predicted octanol–water partition coefficient (Wildman–Crippen LogP) is 1.93. The zero-order valence-corrected chi connectivity index (χ0v) is 14.2. The highest BCUT2D eigenvalue weighted by molar-refractivity contribution is 7.98. The second kappa shape index (κ2) is 7.82. The fourth-order valence-corrected chi connectivity index (χ4v) is 2.88. The summed E-state index contributed by atoms with van der Waals surface area (Å²) in [5.74, 6) is -0.303. The number of carbonyl (C=O) groups excluding carboxylic acids is 2. The Balaban J connectivity index is 2.23. The molecule has 2 heterocycles. The van der Waals surface area contributed by atoms with Crippen LogP contribution in [0.1, 0.15) is 39.3 Å². The third-order valence-electron chi connectivity index (χ3n) is 2.97. The van der Waals surface area contributed by atoms with E-state index < -0.39 is 17.6 Å². The average molecular weight is 352 g/mol. The summed E-state index contributed by atoms with van der Waals surface area (Å²) in [5, 5.41) is 0.241. The predicted molar refractivity (Wildman–Crippen MR) is 85.2 cm³/mol. The molecule has 0 amide bonds. The van der Waals surface area contributed by atoms with Gasteiger partial charge in [-0.25, -0.2) is 14.4 Å². The number of aryl methyl sites for hydroxylation is 1. The molecule has 0 radical (unpaired) electrons. The average Bonchev–Trinajstić information content (AvgIpc) is 3.00. The molecular formula is C15H16N2O6S. The maximum atomic E-state index is 12.1. The Hall–Kier alpha value is -2.55. The number of ether oxygens (including phenoxy) is 2. The Labute approximate surface area is 141 Å². The van der Waals surface area contributed by atoms with Crippen LogP contribution in [-0.2, 0) is 15.2 Å². The van der Waals surface area contributed by atoms with E-state index in [1.54, 1.807) is 19.9 Å². The van der Waals surface area contributed by atoms with Crippen LogP contribution in [0.3, 0.4) is 0 Å². The van der Waals surface area contributed by atoms with E-state index in [1.165, 1.54) is 13.2 Å². The second-order valence-electron chi connectivity index (χ2n) is 4.61. The van der Waals surface area contributed by atoms with Gasteiger partial charge in [-0.05, 0) is 26.0 Å². The molecule has 0 atom stereocenters. The zero-order valence-electron chi connectivity index (χ0n) is 13.4. The largest absolute Gasteiger partial charge is 0.463 e. The van der Waals surface area contributed by atoms with Gasteiger partial charge in [0.25, 0.3) is 0 Å². The van der Waals surface area contributed by atoms with E-state index in [0.717, 1.165) is 11.8 Å². The summed E-state index contributed by atoms with van der Waals surface area (Å²) >= 11 is 1.14. The van der Waals surface area contributed by atoms with Crippen molar-refractivity contribution in [1.82, 2.24) is 9.97 Å². The van der Waals surface area contributed by atoms with E-state index >= 15 is 0 Å². The first kappa shape index (κ1) is 17.8. The molecule has 0 aliphatic carbocycles. The van der Waals surface area contributed by atoms with Gasteiger partial charge in [0.15, 0.2) is 0 Å². The van der Waals surface area contributed by atoms with Gasteiger partial charge in [0.1, 0.15) is 16.3 Å². The van der Waals surface area contributed by atoms with Gasteiger partial charge < -0.3 is 18.9 Å². The van der Waals surface area contributed by atoms with Crippen LogP contribution >= 0.6 is 11.8 Å². The molecule has 0 aliphatic heterocycles. The number of thioether (sulfide) groups is 1.